The minimum Gasteiger partial charge on any atom is -0.399 e. The molecule has 18 heavy (non-hydrogen) atoms. The average molecular weight is 245 g/mol. The summed E-state index contributed by atoms with van der Waals surface area (Å²) in [6.45, 7) is 8.37. The Hall–Kier alpha value is -0.865. The number of pyridine rings is 1. The zero-order valence-corrected chi connectivity index (χ0v) is 11.6. The van der Waals surface area contributed by atoms with E-state index in [-0.39, 0.29) is 18.3 Å². The fourth-order valence-corrected chi connectivity index (χ4v) is 2.68. The lowest BCUT2D eigenvalue weighted by molar-refractivity contribution is 0.00578. The van der Waals surface area contributed by atoms with E-state index < -0.39 is 0 Å². The first-order chi connectivity index (χ1) is 8.41. The highest BCUT2D eigenvalue weighted by atomic mass is 16.7. The molecule has 0 aromatic carbocycles. The van der Waals surface area contributed by atoms with Crippen LogP contribution < -0.4 is 5.46 Å². The quantitative estimate of drug-likeness (QED) is 0.708. The van der Waals surface area contributed by atoms with Gasteiger partial charge in [-0.1, -0.05) is 0 Å². The molecule has 2 aliphatic rings. The second-order valence-electron chi connectivity index (χ2n) is 6.27. The van der Waals surface area contributed by atoms with Crippen LogP contribution in [0.3, 0.4) is 0 Å². The summed E-state index contributed by atoms with van der Waals surface area (Å²) in [5.41, 5.74) is 3.20. The smallest absolute Gasteiger partial charge is 0.399 e. The standard InChI is InChI=1S/C14H20BNO2/c1-13(2)14(3,4)18-15(17-13)11-8-9-16-12-7-5-6-10(11)12/h8-9H,5-7H2,1-4H3. The Kier molecular flexibility index (Phi) is 2.58. The number of fused-ring (bicyclic) bond motifs is 1. The zero-order chi connectivity index (χ0) is 13.0. The number of hydrogen-bond acceptors (Lipinski definition) is 3. The summed E-state index contributed by atoms with van der Waals surface area (Å²) in [6.07, 6.45) is 5.26. The van der Waals surface area contributed by atoms with Gasteiger partial charge in [-0.05, 0) is 64.1 Å². The molecule has 0 amide bonds. The summed E-state index contributed by atoms with van der Waals surface area (Å²) in [5.74, 6) is 0. The molecule has 2 heterocycles. The second-order valence-corrected chi connectivity index (χ2v) is 6.27. The molecule has 3 nitrogen and oxygen atoms in total. The molecule has 1 aromatic rings. The Labute approximate surface area is 109 Å². The highest BCUT2D eigenvalue weighted by Gasteiger charge is 2.52. The molecular weight excluding hydrogens is 225 g/mol. The van der Waals surface area contributed by atoms with Crippen molar-refractivity contribution < 1.29 is 9.31 Å². The van der Waals surface area contributed by atoms with E-state index in [1.807, 2.05) is 12.3 Å². The molecule has 1 fully saturated rings. The summed E-state index contributed by atoms with van der Waals surface area (Å²) < 4.78 is 12.3. The summed E-state index contributed by atoms with van der Waals surface area (Å²) in [7, 11) is -0.246. The van der Waals surface area contributed by atoms with E-state index in [0.29, 0.717) is 0 Å². The topological polar surface area (TPSA) is 31.4 Å². The fourth-order valence-electron chi connectivity index (χ4n) is 2.68. The van der Waals surface area contributed by atoms with Crippen LogP contribution in [0.4, 0.5) is 0 Å². The van der Waals surface area contributed by atoms with Gasteiger partial charge in [-0.15, -0.1) is 0 Å². The van der Waals surface area contributed by atoms with Crippen LogP contribution in [0.1, 0.15) is 45.4 Å². The minimum absolute atomic E-state index is 0.246. The third kappa shape index (κ3) is 1.70. The Morgan fingerprint density at radius 1 is 1.11 bits per heavy atom. The predicted molar refractivity (Wildman–Crippen MR) is 72.0 cm³/mol. The van der Waals surface area contributed by atoms with Crippen LogP contribution >= 0.6 is 0 Å². The Bertz CT molecular complexity index is 469. The zero-order valence-electron chi connectivity index (χ0n) is 11.6. The molecule has 1 saturated heterocycles. The first-order valence-corrected chi connectivity index (χ1v) is 6.73. The van der Waals surface area contributed by atoms with Crippen LogP contribution in [0.25, 0.3) is 0 Å². The maximum Gasteiger partial charge on any atom is 0.495 e. The second kappa shape index (κ2) is 3.81. The molecule has 0 N–H and O–H groups in total. The van der Waals surface area contributed by atoms with Crippen molar-refractivity contribution in [2.45, 2.75) is 58.2 Å². The first-order valence-electron chi connectivity index (χ1n) is 6.73. The third-order valence-electron chi connectivity index (χ3n) is 4.53. The average Bonchev–Trinajstić information content (AvgIpc) is 2.81. The van der Waals surface area contributed by atoms with E-state index >= 15 is 0 Å². The normalized spacial score (nSPS) is 24.3. The van der Waals surface area contributed by atoms with Crippen LogP contribution in [-0.4, -0.2) is 23.3 Å². The summed E-state index contributed by atoms with van der Waals surface area (Å²) in [5, 5.41) is 0. The van der Waals surface area contributed by atoms with E-state index in [2.05, 4.69) is 32.7 Å². The van der Waals surface area contributed by atoms with Crippen molar-refractivity contribution in [3.63, 3.8) is 0 Å². The lowest BCUT2D eigenvalue weighted by atomic mass is 9.76. The molecule has 4 heteroatoms. The Morgan fingerprint density at radius 2 is 1.78 bits per heavy atom. The molecule has 0 spiro atoms. The summed E-state index contributed by atoms with van der Waals surface area (Å²) >= 11 is 0. The maximum absolute atomic E-state index is 6.13. The Balaban J connectivity index is 1.97. The molecule has 0 radical (unpaired) electrons. The van der Waals surface area contributed by atoms with Gasteiger partial charge in [0.2, 0.25) is 0 Å². The van der Waals surface area contributed by atoms with Crippen molar-refractivity contribution in [1.82, 2.24) is 4.98 Å². The van der Waals surface area contributed by atoms with Gasteiger partial charge in [0.1, 0.15) is 0 Å². The van der Waals surface area contributed by atoms with Crippen LogP contribution in [0, 0.1) is 0 Å². The first kappa shape index (κ1) is 12.2. The number of hydrogen-bond donors (Lipinski definition) is 0. The van der Waals surface area contributed by atoms with Crippen LogP contribution in [0.15, 0.2) is 12.3 Å². The summed E-state index contributed by atoms with van der Waals surface area (Å²) in [6, 6.07) is 2.05. The summed E-state index contributed by atoms with van der Waals surface area (Å²) in [4.78, 5) is 4.45. The molecule has 1 aliphatic heterocycles. The molecule has 1 aromatic heterocycles. The van der Waals surface area contributed by atoms with Gasteiger partial charge in [0.05, 0.1) is 11.2 Å². The van der Waals surface area contributed by atoms with E-state index in [1.54, 1.807) is 0 Å². The van der Waals surface area contributed by atoms with Gasteiger partial charge in [0, 0.05) is 11.9 Å². The molecule has 96 valence electrons. The largest absolute Gasteiger partial charge is 0.495 e. The fraction of sp³-hybridized carbons (Fsp3) is 0.643. The molecule has 1 aliphatic carbocycles. The van der Waals surface area contributed by atoms with Gasteiger partial charge < -0.3 is 9.31 Å². The van der Waals surface area contributed by atoms with Crippen molar-refractivity contribution >= 4 is 12.6 Å². The van der Waals surface area contributed by atoms with Gasteiger partial charge >= 0.3 is 7.12 Å². The van der Waals surface area contributed by atoms with Gasteiger partial charge in [0.25, 0.3) is 0 Å². The molecular formula is C14H20BNO2. The predicted octanol–water partition coefficient (Wildman–Crippen LogP) is 1.87. The highest BCUT2D eigenvalue weighted by molar-refractivity contribution is 6.62. The maximum atomic E-state index is 6.13. The van der Waals surface area contributed by atoms with Crippen molar-refractivity contribution in [3.05, 3.63) is 23.5 Å². The molecule has 0 bridgehead atoms. The molecule has 0 unspecified atom stereocenters. The Morgan fingerprint density at radius 3 is 2.44 bits per heavy atom. The monoisotopic (exact) mass is 245 g/mol. The van der Waals surface area contributed by atoms with E-state index in [0.717, 1.165) is 12.8 Å². The van der Waals surface area contributed by atoms with E-state index in [1.165, 1.54) is 23.1 Å². The number of rotatable bonds is 1. The van der Waals surface area contributed by atoms with Crippen molar-refractivity contribution in [2.24, 2.45) is 0 Å². The lowest BCUT2D eigenvalue weighted by Gasteiger charge is -2.32. The van der Waals surface area contributed by atoms with Gasteiger partial charge in [-0.3, -0.25) is 4.98 Å². The van der Waals surface area contributed by atoms with E-state index in [9.17, 15) is 0 Å². The number of aromatic nitrogens is 1. The van der Waals surface area contributed by atoms with Crippen molar-refractivity contribution in [2.75, 3.05) is 0 Å². The number of nitrogens with zero attached hydrogens (tertiary/aromatic N) is 1. The minimum atomic E-state index is -0.271. The van der Waals surface area contributed by atoms with Crippen LogP contribution in [-0.2, 0) is 22.2 Å². The third-order valence-corrected chi connectivity index (χ3v) is 4.53. The van der Waals surface area contributed by atoms with E-state index in [4.69, 9.17) is 9.31 Å². The molecule has 0 saturated carbocycles. The van der Waals surface area contributed by atoms with Crippen LogP contribution in [0.2, 0.25) is 0 Å². The van der Waals surface area contributed by atoms with Crippen molar-refractivity contribution in [3.8, 4) is 0 Å². The lowest BCUT2D eigenvalue weighted by Crippen LogP contribution is -2.41. The van der Waals surface area contributed by atoms with Crippen molar-refractivity contribution in [1.29, 1.82) is 0 Å². The molecule has 0 atom stereocenters. The SMILES string of the molecule is CC1(C)OB(c2ccnc3c2CCC3)OC1(C)C. The highest BCUT2D eigenvalue weighted by Crippen LogP contribution is 2.37. The number of aryl methyl sites for hydroxylation is 1. The van der Waals surface area contributed by atoms with Crippen LogP contribution in [0.5, 0.6) is 0 Å². The van der Waals surface area contributed by atoms with Gasteiger partial charge in [-0.2, -0.15) is 0 Å². The van der Waals surface area contributed by atoms with Gasteiger partial charge in [0.15, 0.2) is 0 Å². The molecule has 3 rings (SSSR count). The van der Waals surface area contributed by atoms with Gasteiger partial charge in [-0.25, -0.2) is 0 Å².